The van der Waals surface area contributed by atoms with Gasteiger partial charge in [0.2, 0.25) is 17.7 Å². The molecule has 7 N–H and O–H groups in total. The molecular weight excluding hydrogens is 525 g/mol. The minimum atomic E-state index is -1.30. The zero-order valence-electron chi connectivity index (χ0n) is 18.9. The van der Waals surface area contributed by atoms with Gasteiger partial charge in [0.05, 0.1) is 6.42 Å². The van der Waals surface area contributed by atoms with Crippen molar-refractivity contribution in [3.8, 4) is 5.75 Å². The largest absolute Gasteiger partial charge is 0.667 e. The zero-order chi connectivity index (χ0) is 25.1. The average Bonchev–Trinajstić information content (AvgIpc) is 2.71. The number of phenols is 1. The number of aromatic hydroxyl groups is 1. The molecule has 1 aromatic carbocycles. The van der Waals surface area contributed by atoms with E-state index in [2.05, 4.69) is 16.0 Å². The van der Waals surface area contributed by atoms with Crippen molar-refractivity contribution in [1.82, 2.24) is 16.0 Å². The van der Waals surface area contributed by atoms with Gasteiger partial charge < -0.3 is 37.0 Å². The summed E-state index contributed by atoms with van der Waals surface area (Å²) < 4.78 is 0. The van der Waals surface area contributed by atoms with Gasteiger partial charge >= 0.3 is 11.9 Å². The number of carboxylic acid groups (broad SMARTS) is 2. The van der Waals surface area contributed by atoms with Crippen LogP contribution in [0.1, 0.15) is 38.7 Å². The maximum absolute atomic E-state index is 12.6. The quantitative estimate of drug-likeness (QED) is 0.198. The molecule has 0 aliphatic heterocycles. The second-order valence-electron chi connectivity index (χ2n) is 7.65. The van der Waals surface area contributed by atoms with E-state index < -0.39 is 60.2 Å². The first-order valence-corrected chi connectivity index (χ1v) is 10.2. The molecule has 0 saturated carbocycles. The number of rotatable bonds is 13. The Balaban J connectivity index is 0.0000109. The Morgan fingerprint density at radius 1 is 0.882 bits per heavy atom. The molecule has 0 heterocycles. The summed E-state index contributed by atoms with van der Waals surface area (Å²) in [6.07, 6.45) is -1.01. The fourth-order valence-corrected chi connectivity index (χ4v) is 2.83. The summed E-state index contributed by atoms with van der Waals surface area (Å²) in [4.78, 5) is 58.9. The molecule has 1 radical (unpaired) electrons. The average molecular weight is 554 g/mol. The summed E-state index contributed by atoms with van der Waals surface area (Å²) in [7, 11) is 0. The van der Waals surface area contributed by atoms with Crippen LogP contribution in [0.4, 0.5) is 0 Å². The van der Waals surface area contributed by atoms with E-state index in [1.54, 1.807) is 12.1 Å². The number of carboxylic acids is 2. The second kappa shape index (κ2) is 15.4. The number of carbonyl (C=O) groups is 5. The summed E-state index contributed by atoms with van der Waals surface area (Å²) in [5.74, 6) is -4.53. The summed E-state index contributed by atoms with van der Waals surface area (Å²) >= 11 is 0. The topological polar surface area (TPSA) is 206 Å². The monoisotopic (exact) mass is 554 g/mol. The van der Waals surface area contributed by atoms with Gasteiger partial charge in [0.15, 0.2) is 0 Å². The van der Waals surface area contributed by atoms with Crippen molar-refractivity contribution in [2.45, 2.75) is 63.7 Å². The van der Waals surface area contributed by atoms with E-state index in [-0.39, 0.29) is 57.7 Å². The second-order valence-corrected chi connectivity index (χ2v) is 7.65. The van der Waals surface area contributed by atoms with Crippen molar-refractivity contribution in [3.05, 3.63) is 35.6 Å². The van der Waals surface area contributed by atoms with Gasteiger partial charge in [-0.3, -0.25) is 24.0 Å². The number of carbonyl (C=O) groups excluding carboxylic acids is 3. The Morgan fingerprint density at radius 2 is 1.47 bits per heavy atom. The van der Waals surface area contributed by atoms with Gasteiger partial charge in [-0.1, -0.05) is 18.2 Å². The van der Waals surface area contributed by atoms with E-state index in [1.165, 1.54) is 26.0 Å². The third kappa shape index (κ3) is 12.1. The minimum Gasteiger partial charge on any atom is -0.667 e. The molecule has 185 valence electrons. The van der Waals surface area contributed by atoms with Gasteiger partial charge in [0.25, 0.3) is 0 Å². The van der Waals surface area contributed by atoms with Crippen LogP contribution in [0.2, 0.25) is 0 Å². The Morgan fingerprint density at radius 3 is 2.00 bits per heavy atom. The van der Waals surface area contributed by atoms with Gasteiger partial charge in [-0.15, -0.1) is 0 Å². The van der Waals surface area contributed by atoms with Gasteiger partial charge in [-0.05, 0) is 44.4 Å². The molecule has 1 unspecified atom stereocenters. The van der Waals surface area contributed by atoms with Crippen LogP contribution in [0, 0.1) is 0 Å². The molecule has 12 nitrogen and oxygen atoms in total. The molecule has 0 bridgehead atoms. The van der Waals surface area contributed by atoms with E-state index >= 15 is 0 Å². The van der Waals surface area contributed by atoms with Crippen molar-refractivity contribution >= 4 is 29.7 Å². The van der Waals surface area contributed by atoms with Crippen LogP contribution in [-0.4, -0.2) is 69.1 Å². The fourth-order valence-electron chi connectivity index (χ4n) is 2.83. The van der Waals surface area contributed by atoms with Gasteiger partial charge in [-0.2, -0.15) is 0 Å². The molecule has 0 fully saturated rings. The van der Waals surface area contributed by atoms with Crippen molar-refractivity contribution in [3.63, 3.8) is 0 Å². The first-order valence-electron chi connectivity index (χ1n) is 10.2. The van der Waals surface area contributed by atoms with Crippen LogP contribution in [0.15, 0.2) is 24.3 Å². The SMILES string of the molecule is CC(CC(=O)O)NC(=O)[C@H](C)NC(=O)[C@H](CCC(=O)O)NC(=O)[C@@H]([NH-])Cc1ccc(O)cc1.[Y]. The number of phenolic OH excluding ortho intramolecular Hbond substituents is 1. The number of aliphatic carboxylic acids is 2. The van der Waals surface area contributed by atoms with Gasteiger partial charge in [0, 0.05) is 45.2 Å². The first-order chi connectivity index (χ1) is 15.4. The van der Waals surface area contributed by atoms with Crippen molar-refractivity contribution in [2.24, 2.45) is 0 Å². The summed E-state index contributed by atoms with van der Waals surface area (Å²) in [6, 6.07) is 1.55. The molecular formula is C21H29N4O8Y-. The summed E-state index contributed by atoms with van der Waals surface area (Å²) in [5.41, 5.74) is 8.63. The molecule has 0 aliphatic rings. The maximum atomic E-state index is 12.6. The molecule has 1 aromatic rings. The number of benzene rings is 1. The van der Waals surface area contributed by atoms with E-state index in [9.17, 15) is 29.1 Å². The predicted octanol–water partition coefficient (Wildman–Crippen LogP) is 0.187. The number of hydrogen-bond acceptors (Lipinski definition) is 6. The van der Waals surface area contributed by atoms with Crippen LogP contribution in [-0.2, 0) is 63.1 Å². The van der Waals surface area contributed by atoms with Crippen LogP contribution < -0.4 is 16.0 Å². The van der Waals surface area contributed by atoms with Crippen molar-refractivity contribution < 1.29 is 72.0 Å². The molecule has 4 atom stereocenters. The maximum Gasteiger partial charge on any atom is 0.305 e. The molecule has 13 heteroatoms. The van der Waals surface area contributed by atoms with Crippen LogP contribution in [0.3, 0.4) is 0 Å². The van der Waals surface area contributed by atoms with Gasteiger partial charge in [0.1, 0.15) is 17.8 Å². The molecule has 0 aliphatic carbocycles. The third-order valence-electron chi connectivity index (χ3n) is 4.59. The Labute approximate surface area is 221 Å². The molecule has 0 saturated heterocycles. The van der Waals surface area contributed by atoms with Crippen LogP contribution in [0.25, 0.3) is 5.73 Å². The molecule has 1 rings (SSSR count). The van der Waals surface area contributed by atoms with E-state index in [1.807, 2.05) is 0 Å². The Bertz CT molecular complexity index is 865. The van der Waals surface area contributed by atoms with Crippen LogP contribution in [0.5, 0.6) is 5.75 Å². The molecule has 34 heavy (non-hydrogen) atoms. The predicted molar refractivity (Wildman–Crippen MR) is 116 cm³/mol. The summed E-state index contributed by atoms with van der Waals surface area (Å²) in [5, 5.41) is 34.1. The number of hydrogen-bond donors (Lipinski definition) is 6. The van der Waals surface area contributed by atoms with E-state index in [0.29, 0.717) is 5.56 Å². The normalized spacial score (nSPS) is 13.9. The van der Waals surface area contributed by atoms with E-state index in [0.717, 1.165) is 0 Å². The molecule has 3 amide bonds. The first kappa shape index (κ1) is 31.4. The minimum absolute atomic E-state index is 0. The van der Waals surface area contributed by atoms with E-state index in [4.69, 9.17) is 15.9 Å². The summed E-state index contributed by atoms with van der Waals surface area (Å²) in [6.45, 7) is 2.84. The van der Waals surface area contributed by atoms with Gasteiger partial charge in [-0.25, -0.2) is 0 Å². The fraction of sp³-hybridized carbons (Fsp3) is 0.476. The van der Waals surface area contributed by atoms with Crippen molar-refractivity contribution in [1.29, 1.82) is 0 Å². The molecule has 0 spiro atoms. The van der Waals surface area contributed by atoms with Crippen molar-refractivity contribution in [2.75, 3.05) is 0 Å². The third-order valence-corrected chi connectivity index (χ3v) is 4.59. The number of amides is 3. The standard InChI is InChI=1S/C21H29N4O8.Y/c1-11(9-18(29)30)23-19(31)12(2)24-21(33)16(7-8-17(27)28)25-20(32)15(22)10-13-3-5-14(26)6-4-13;/h3-6,11-12,15-16,22,26H,7-10H2,1-2H3,(H,23,31)(H,24,33)(H,25,32)(H,27,28)(H,29,30);/q-1;/t11?,12-,15-,16-;/m0./s1. The van der Waals surface area contributed by atoms with Crippen LogP contribution >= 0.6 is 0 Å². The smallest absolute Gasteiger partial charge is 0.305 e. The molecule has 0 aromatic heterocycles. The Kier molecular flexibility index (Phi) is 14.2. The number of nitrogens with one attached hydrogen (secondary N) is 4. The zero-order valence-corrected chi connectivity index (χ0v) is 21.7. The Hall–Kier alpha value is -2.57.